The van der Waals surface area contributed by atoms with Crippen molar-refractivity contribution in [3.8, 4) is 5.75 Å². The standard InChI is InChI=1S/C16H21NO3/c18-14-5-7-17(8-6-14)16(19)11-12-3-4-15-13(10-12)2-1-9-20-15/h3-4,10,14,18H,1-2,5-9,11H2. The second-order valence-corrected chi connectivity index (χ2v) is 5.68. The van der Waals surface area contributed by atoms with Gasteiger partial charge in [0.05, 0.1) is 19.1 Å². The Kier molecular flexibility index (Phi) is 3.92. The predicted molar refractivity (Wildman–Crippen MR) is 75.8 cm³/mol. The third-order valence-electron chi connectivity index (χ3n) is 4.15. The molecule has 0 radical (unpaired) electrons. The average Bonchev–Trinajstić information content (AvgIpc) is 2.48. The van der Waals surface area contributed by atoms with Gasteiger partial charge in [0.1, 0.15) is 5.75 Å². The van der Waals surface area contributed by atoms with Gasteiger partial charge in [0.25, 0.3) is 0 Å². The van der Waals surface area contributed by atoms with Crippen LogP contribution in [0.15, 0.2) is 18.2 Å². The van der Waals surface area contributed by atoms with Crippen molar-refractivity contribution in [2.45, 2.75) is 38.2 Å². The van der Waals surface area contributed by atoms with E-state index >= 15 is 0 Å². The summed E-state index contributed by atoms with van der Waals surface area (Å²) in [6.45, 7) is 2.14. The van der Waals surface area contributed by atoms with E-state index in [9.17, 15) is 9.90 Å². The van der Waals surface area contributed by atoms with E-state index in [4.69, 9.17) is 4.74 Å². The summed E-state index contributed by atoms with van der Waals surface area (Å²) < 4.78 is 5.59. The van der Waals surface area contributed by atoms with Gasteiger partial charge in [0.2, 0.25) is 5.91 Å². The predicted octanol–water partition coefficient (Wildman–Crippen LogP) is 1.54. The topological polar surface area (TPSA) is 49.8 Å². The van der Waals surface area contributed by atoms with E-state index in [-0.39, 0.29) is 12.0 Å². The zero-order valence-electron chi connectivity index (χ0n) is 11.7. The SMILES string of the molecule is O=C(Cc1ccc2c(c1)CCCO2)N1CCC(O)CC1. The maximum absolute atomic E-state index is 12.3. The number of hydrogen-bond donors (Lipinski definition) is 1. The summed E-state index contributed by atoms with van der Waals surface area (Å²) in [5, 5.41) is 9.48. The molecule has 2 heterocycles. The zero-order valence-corrected chi connectivity index (χ0v) is 11.7. The molecular weight excluding hydrogens is 254 g/mol. The smallest absolute Gasteiger partial charge is 0.226 e. The fourth-order valence-corrected chi connectivity index (χ4v) is 2.93. The minimum atomic E-state index is -0.236. The van der Waals surface area contributed by atoms with E-state index in [2.05, 4.69) is 6.07 Å². The van der Waals surface area contributed by atoms with Gasteiger partial charge in [-0.2, -0.15) is 0 Å². The molecule has 1 aromatic carbocycles. The normalized spacial score (nSPS) is 19.4. The first-order chi connectivity index (χ1) is 9.72. The number of rotatable bonds is 2. The molecule has 0 bridgehead atoms. The van der Waals surface area contributed by atoms with Crippen molar-refractivity contribution in [2.75, 3.05) is 19.7 Å². The first-order valence-electron chi connectivity index (χ1n) is 7.43. The van der Waals surface area contributed by atoms with Gasteiger partial charge in [-0.1, -0.05) is 12.1 Å². The summed E-state index contributed by atoms with van der Waals surface area (Å²) in [7, 11) is 0. The Bertz CT molecular complexity index is 492. The number of aliphatic hydroxyl groups excluding tert-OH is 1. The van der Waals surface area contributed by atoms with E-state index < -0.39 is 0 Å². The molecule has 4 nitrogen and oxygen atoms in total. The van der Waals surface area contributed by atoms with Crippen LogP contribution in [-0.2, 0) is 17.6 Å². The number of carbonyl (C=O) groups is 1. The van der Waals surface area contributed by atoms with Crippen LogP contribution in [0.5, 0.6) is 5.75 Å². The maximum Gasteiger partial charge on any atom is 0.226 e. The van der Waals surface area contributed by atoms with Crippen LogP contribution in [0, 0.1) is 0 Å². The zero-order chi connectivity index (χ0) is 13.9. The van der Waals surface area contributed by atoms with Crippen molar-refractivity contribution < 1.29 is 14.6 Å². The number of fused-ring (bicyclic) bond motifs is 1. The number of piperidine rings is 1. The summed E-state index contributed by atoms with van der Waals surface area (Å²) in [5.74, 6) is 1.13. The quantitative estimate of drug-likeness (QED) is 0.890. The molecule has 108 valence electrons. The van der Waals surface area contributed by atoms with Crippen molar-refractivity contribution in [3.05, 3.63) is 29.3 Å². The number of carbonyl (C=O) groups excluding carboxylic acids is 1. The highest BCUT2D eigenvalue weighted by Crippen LogP contribution is 2.26. The lowest BCUT2D eigenvalue weighted by Gasteiger charge is -2.29. The van der Waals surface area contributed by atoms with Crippen LogP contribution in [0.4, 0.5) is 0 Å². The van der Waals surface area contributed by atoms with Gasteiger partial charge in [-0.15, -0.1) is 0 Å². The molecule has 3 rings (SSSR count). The number of ether oxygens (including phenoxy) is 1. The number of nitrogens with zero attached hydrogens (tertiary/aromatic N) is 1. The molecule has 0 unspecified atom stereocenters. The average molecular weight is 275 g/mol. The Balaban J connectivity index is 1.64. The molecule has 1 N–H and O–H groups in total. The van der Waals surface area contributed by atoms with Gasteiger partial charge in [0.15, 0.2) is 0 Å². The minimum absolute atomic E-state index is 0.161. The lowest BCUT2D eigenvalue weighted by molar-refractivity contribution is -0.132. The van der Waals surface area contributed by atoms with Crippen molar-refractivity contribution in [3.63, 3.8) is 0 Å². The molecule has 4 heteroatoms. The highest BCUT2D eigenvalue weighted by atomic mass is 16.5. The summed E-state index contributed by atoms with van der Waals surface area (Å²) in [6, 6.07) is 6.07. The molecule has 0 saturated carbocycles. The number of aliphatic hydroxyl groups is 1. The highest BCUT2D eigenvalue weighted by molar-refractivity contribution is 5.79. The Morgan fingerprint density at radius 3 is 2.95 bits per heavy atom. The second-order valence-electron chi connectivity index (χ2n) is 5.68. The Hall–Kier alpha value is -1.55. The van der Waals surface area contributed by atoms with E-state index in [1.165, 1.54) is 5.56 Å². The first-order valence-corrected chi connectivity index (χ1v) is 7.43. The molecule has 1 aromatic rings. The van der Waals surface area contributed by atoms with Crippen LogP contribution >= 0.6 is 0 Å². The van der Waals surface area contributed by atoms with Crippen LogP contribution in [0.3, 0.4) is 0 Å². The molecule has 1 amide bonds. The Labute approximate surface area is 119 Å². The van der Waals surface area contributed by atoms with Crippen LogP contribution < -0.4 is 4.74 Å². The fraction of sp³-hybridized carbons (Fsp3) is 0.562. The van der Waals surface area contributed by atoms with Gasteiger partial charge in [0, 0.05) is 13.1 Å². The van der Waals surface area contributed by atoms with Gasteiger partial charge < -0.3 is 14.7 Å². The molecule has 2 aliphatic rings. The van der Waals surface area contributed by atoms with Crippen LogP contribution in [0.1, 0.15) is 30.4 Å². The van der Waals surface area contributed by atoms with E-state index in [1.54, 1.807) is 0 Å². The van der Waals surface area contributed by atoms with Crippen molar-refractivity contribution in [1.82, 2.24) is 4.90 Å². The molecule has 1 saturated heterocycles. The minimum Gasteiger partial charge on any atom is -0.493 e. The Morgan fingerprint density at radius 2 is 2.15 bits per heavy atom. The molecule has 0 aliphatic carbocycles. The van der Waals surface area contributed by atoms with Gasteiger partial charge in [-0.3, -0.25) is 4.79 Å². The van der Waals surface area contributed by atoms with Crippen LogP contribution in [0.25, 0.3) is 0 Å². The van der Waals surface area contributed by atoms with Gasteiger partial charge in [-0.25, -0.2) is 0 Å². The number of benzene rings is 1. The highest BCUT2D eigenvalue weighted by Gasteiger charge is 2.21. The first kappa shape index (κ1) is 13.4. The number of likely N-dealkylation sites (tertiary alicyclic amines) is 1. The third-order valence-corrected chi connectivity index (χ3v) is 4.15. The lowest BCUT2D eigenvalue weighted by atomic mass is 10.0. The van der Waals surface area contributed by atoms with Crippen molar-refractivity contribution in [1.29, 1.82) is 0 Å². The van der Waals surface area contributed by atoms with Crippen molar-refractivity contribution in [2.24, 2.45) is 0 Å². The maximum atomic E-state index is 12.3. The molecule has 20 heavy (non-hydrogen) atoms. The summed E-state index contributed by atoms with van der Waals surface area (Å²) in [6.07, 6.45) is 3.69. The molecule has 0 spiro atoms. The number of aryl methyl sites for hydroxylation is 1. The molecule has 0 aromatic heterocycles. The van der Waals surface area contributed by atoms with Crippen molar-refractivity contribution >= 4 is 5.91 Å². The third kappa shape index (κ3) is 2.96. The summed E-state index contributed by atoms with van der Waals surface area (Å²) in [5.41, 5.74) is 2.28. The van der Waals surface area contributed by atoms with Gasteiger partial charge in [-0.05, 0) is 42.9 Å². The van der Waals surface area contributed by atoms with E-state index in [0.717, 1.165) is 30.8 Å². The van der Waals surface area contributed by atoms with Crippen LogP contribution in [0.2, 0.25) is 0 Å². The van der Waals surface area contributed by atoms with E-state index in [1.807, 2.05) is 17.0 Å². The van der Waals surface area contributed by atoms with E-state index in [0.29, 0.717) is 32.4 Å². The van der Waals surface area contributed by atoms with Gasteiger partial charge >= 0.3 is 0 Å². The lowest BCUT2D eigenvalue weighted by Crippen LogP contribution is -2.40. The molecule has 2 aliphatic heterocycles. The van der Waals surface area contributed by atoms with Crippen LogP contribution in [-0.4, -0.2) is 41.7 Å². The summed E-state index contributed by atoms with van der Waals surface area (Å²) in [4.78, 5) is 14.1. The number of hydrogen-bond acceptors (Lipinski definition) is 3. The largest absolute Gasteiger partial charge is 0.493 e. The second kappa shape index (κ2) is 5.83. The molecular formula is C16H21NO3. The fourth-order valence-electron chi connectivity index (χ4n) is 2.93. The number of amides is 1. The molecule has 0 atom stereocenters. The monoisotopic (exact) mass is 275 g/mol. The molecule has 1 fully saturated rings. The Morgan fingerprint density at radius 1 is 1.35 bits per heavy atom. The summed E-state index contributed by atoms with van der Waals surface area (Å²) >= 11 is 0.